The molecule has 1 aliphatic heterocycles. The molecule has 0 saturated carbocycles. The predicted molar refractivity (Wildman–Crippen MR) is 131 cm³/mol. The first kappa shape index (κ1) is 21.8. The number of nitrogens with one attached hydrogen (secondary N) is 2. The minimum absolute atomic E-state index is 0.124. The van der Waals surface area contributed by atoms with Gasteiger partial charge in [-0.2, -0.15) is 0 Å². The zero-order valence-corrected chi connectivity index (χ0v) is 19.2. The summed E-state index contributed by atoms with van der Waals surface area (Å²) in [5.74, 6) is 1.99. The van der Waals surface area contributed by atoms with Crippen LogP contribution in [0.4, 0.5) is 5.69 Å². The lowest BCUT2D eigenvalue weighted by atomic mass is 10.0. The molecule has 2 heterocycles. The summed E-state index contributed by atoms with van der Waals surface area (Å²) >= 11 is 1.37. The minimum atomic E-state index is -0.479. The third kappa shape index (κ3) is 4.69. The fourth-order valence-electron chi connectivity index (χ4n) is 3.65. The minimum Gasteiger partial charge on any atom is -0.497 e. The zero-order valence-electron chi connectivity index (χ0n) is 18.4. The number of aromatic nitrogens is 3. The van der Waals surface area contributed by atoms with Crippen LogP contribution >= 0.6 is 11.8 Å². The molecule has 4 aromatic rings. The number of thioether (sulfide) groups is 1. The second-order valence-corrected chi connectivity index (χ2v) is 8.72. The molecule has 34 heavy (non-hydrogen) atoms. The molecule has 0 saturated heterocycles. The van der Waals surface area contributed by atoms with E-state index in [0.29, 0.717) is 11.0 Å². The number of para-hydroxylation sites is 2. The summed E-state index contributed by atoms with van der Waals surface area (Å²) < 4.78 is 13.0. The Hall–Kier alpha value is -3.98. The van der Waals surface area contributed by atoms with Gasteiger partial charge in [-0.15, -0.1) is 10.2 Å². The van der Waals surface area contributed by atoms with Crippen molar-refractivity contribution in [1.82, 2.24) is 14.9 Å². The Morgan fingerprint density at radius 2 is 1.68 bits per heavy atom. The fraction of sp³-hybridized carbons (Fsp3) is 0.160. The summed E-state index contributed by atoms with van der Waals surface area (Å²) in [6, 6.07) is 26.3. The van der Waals surface area contributed by atoms with Crippen molar-refractivity contribution in [3.63, 3.8) is 0 Å². The van der Waals surface area contributed by atoms with E-state index in [4.69, 9.17) is 9.47 Å². The average molecular weight is 474 g/mol. The molecule has 172 valence electrons. The van der Waals surface area contributed by atoms with Gasteiger partial charge in [0.2, 0.25) is 11.1 Å². The lowest BCUT2D eigenvalue weighted by molar-refractivity contribution is -0.116. The number of benzene rings is 3. The van der Waals surface area contributed by atoms with Gasteiger partial charge in [-0.3, -0.25) is 4.79 Å². The highest BCUT2D eigenvalue weighted by Crippen LogP contribution is 2.38. The first-order valence-corrected chi connectivity index (χ1v) is 11.6. The van der Waals surface area contributed by atoms with Gasteiger partial charge >= 0.3 is 0 Å². The molecule has 0 radical (unpaired) electrons. The Bertz CT molecular complexity index is 1250. The number of rotatable bonds is 7. The van der Waals surface area contributed by atoms with E-state index in [0.717, 1.165) is 22.7 Å². The van der Waals surface area contributed by atoms with Gasteiger partial charge in [0.1, 0.15) is 23.4 Å². The van der Waals surface area contributed by atoms with Gasteiger partial charge in [0.15, 0.2) is 5.82 Å². The Kier molecular flexibility index (Phi) is 6.35. The number of carbonyl (C=O) groups is 1. The Balaban J connectivity index is 1.42. The number of fused-ring (bicyclic) bond motifs is 1. The van der Waals surface area contributed by atoms with Crippen LogP contribution in [0.5, 0.6) is 11.5 Å². The molecule has 0 bridgehead atoms. The first-order chi connectivity index (χ1) is 16.7. The van der Waals surface area contributed by atoms with E-state index in [-0.39, 0.29) is 18.6 Å². The third-order valence-electron chi connectivity index (χ3n) is 5.39. The highest BCUT2D eigenvalue weighted by Gasteiger charge is 2.38. The summed E-state index contributed by atoms with van der Waals surface area (Å²) in [5.41, 5.74) is 5.12. The maximum atomic E-state index is 13.3. The van der Waals surface area contributed by atoms with Crippen LogP contribution < -0.4 is 20.2 Å². The van der Waals surface area contributed by atoms with Crippen LogP contribution in [0.25, 0.3) is 0 Å². The number of hydrogen-bond acceptors (Lipinski definition) is 7. The van der Waals surface area contributed by atoms with Crippen molar-refractivity contribution in [2.24, 2.45) is 0 Å². The van der Waals surface area contributed by atoms with Crippen LogP contribution in [-0.4, -0.2) is 33.1 Å². The number of carbonyl (C=O) groups excluding carboxylic acids is 1. The van der Waals surface area contributed by atoms with E-state index in [1.54, 1.807) is 11.8 Å². The van der Waals surface area contributed by atoms with Gasteiger partial charge in [0.25, 0.3) is 0 Å². The lowest BCUT2D eigenvalue weighted by Crippen LogP contribution is -2.41. The average Bonchev–Trinajstić information content (AvgIpc) is 3.30. The van der Waals surface area contributed by atoms with Crippen LogP contribution in [0.2, 0.25) is 0 Å². The number of methoxy groups -OCH3 is 1. The van der Waals surface area contributed by atoms with E-state index < -0.39 is 5.25 Å². The lowest BCUT2D eigenvalue weighted by Gasteiger charge is -2.33. The summed E-state index contributed by atoms with van der Waals surface area (Å²) in [7, 11) is 1.63. The van der Waals surface area contributed by atoms with Crippen molar-refractivity contribution in [2.45, 2.75) is 23.1 Å². The van der Waals surface area contributed by atoms with Crippen LogP contribution in [-0.2, 0) is 11.4 Å². The molecular formula is C25H23N5O3S. The van der Waals surface area contributed by atoms with Gasteiger partial charge in [-0.05, 0) is 42.0 Å². The van der Waals surface area contributed by atoms with Gasteiger partial charge in [-0.1, -0.05) is 60.3 Å². The van der Waals surface area contributed by atoms with Crippen molar-refractivity contribution in [1.29, 1.82) is 0 Å². The van der Waals surface area contributed by atoms with Crippen molar-refractivity contribution in [3.8, 4) is 11.5 Å². The van der Waals surface area contributed by atoms with E-state index in [1.165, 1.54) is 11.8 Å². The summed E-state index contributed by atoms with van der Waals surface area (Å²) in [4.78, 5) is 13.3. The van der Waals surface area contributed by atoms with Crippen LogP contribution in [0.1, 0.15) is 17.4 Å². The Labute approximate surface area is 201 Å². The van der Waals surface area contributed by atoms with E-state index in [2.05, 4.69) is 20.9 Å². The summed E-state index contributed by atoms with van der Waals surface area (Å²) in [6.45, 7) is 0.237. The smallest absolute Gasteiger partial charge is 0.240 e. The second kappa shape index (κ2) is 9.88. The largest absolute Gasteiger partial charge is 0.497 e. The van der Waals surface area contributed by atoms with Crippen LogP contribution in [0.15, 0.2) is 90.1 Å². The first-order valence-electron chi connectivity index (χ1n) is 10.8. The van der Waals surface area contributed by atoms with Crippen molar-refractivity contribution in [2.75, 3.05) is 17.9 Å². The zero-order chi connectivity index (χ0) is 23.3. The monoisotopic (exact) mass is 473 g/mol. The standard InChI is InChI=1S/C25H23N5O3S/c1-32-19-14-12-17(13-15-19)22-23(24(31)26-18-8-4-2-5-9-18)34-25-28-27-21(30(25)29-22)16-33-20-10-6-3-7-11-20/h2-15,22-23,29H,16H2,1H3,(H,26,31)/t22-,23-/m0/s1. The van der Waals surface area contributed by atoms with Gasteiger partial charge in [0.05, 0.1) is 13.2 Å². The fourth-order valence-corrected chi connectivity index (χ4v) is 4.75. The van der Waals surface area contributed by atoms with Gasteiger partial charge in [-0.25, -0.2) is 4.68 Å². The third-order valence-corrected chi connectivity index (χ3v) is 6.60. The molecule has 0 aliphatic carbocycles. The molecule has 0 spiro atoms. The predicted octanol–water partition coefficient (Wildman–Crippen LogP) is 4.26. The molecule has 1 amide bonds. The number of nitrogens with zero attached hydrogens (tertiary/aromatic N) is 3. The van der Waals surface area contributed by atoms with Crippen molar-refractivity contribution >= 4 is 23.4 Å². The molecular weight excluding hydrogens is 450 g/mol. The molecule has 2 N–H and O–H groups in total. The summed E-state index contributed by atoms with van der Waals surface area (Å²) in [6.07, 6.45) is 0. The van der Waals surface area contributed by atoms with Crippen molar-refractivity contribution < 1.29 is 14.3 Å². The topological polar surface area (TPSA) is 90.3 Å². The van der Waals surface area contributed by atoms with Gasteiger partial charge < -0.3 is 20.2 Å². The molecule has 0 unspecified atom stereocenters. The second-order valence-electron chi connectivity index (χ2n) is 7.61. The highest BCUT2D eigenvalue weighted by molar-refractivity contribution is 8.00. The Morgan fingerprint density at radius 1 is 0.971 bits per heavy atom. The quantitative estimate of drug-likeness (QED) is 0.414. The van der Waals surface area contributed by atoms with Crippen molar-refractivity contribution in [3.05, 3.63) is 96.3 Å². The number of amides is 1. The Morgan fingerprint density at radius 3 is 2.38 bits per heavy atom. The summed E-state index contributed by atoms with van der Waals surface area (Å²) in [5, 5.41) is 11.7. The van der Waals surface area contributed by atoms with E-state index >= 15 is 0 Å². The molecule has 8 nitrogen and oxygen atoms in total. The van der Waals surface area contributed by atoms with Crippen LogP contribution in [0, 0.1) is 0 Å². The molecule has 3 aromatic carbocycles. The van der Waals surface area contributed by atoms with E-state index in [1.807, 2.05) is 84.9 Å². The normalized spacial score (nSPS) is 16.7. The maximum Gasteiger partial charge on any atom is 0.240 e. The molecule has 5 rings (SSSR count). The van der Waals surface area contributed by atoms with Gasteiger partial charge in [0, 0.05) is 5.69 Å². The van der Waals surface area contributed by atoms with E-state index in [9.17, 15) is 4.79 Å². The highest BCUT2D eigenvalue weighted by atomic mass is 32.2. The number of hydrogen-bond donors (Lipinski definition) is 2. The molecule has 1 aromatic heterocycles. The number of ether oxygens (including phenoxy) is 2. The van der Waals surface area contributed by atoms with Crippen LogP contribution in [0.3, 0.4) is 0 Å². The molecule has 2 atom stereocenters. The molecule has 1 aliphatic rings. The maximum absolute atomic E-state index is 13.3. The SMILES string of the molecule is COc1ccc([C@@H]2Nn3c(COc4ccccc4)nnc3S[C@@H]2C(=O)Nc2ccccc2)cc1. The molecule has 0 fully saturated rings. The molecule has 9 heteroatoms. The number of anilines is 1.